The highest BCUT2D eigenvalue weighted by molar-refractivity contribution is 5.60. The molecule has 1 heterocycles. The Morgan fingerprint density at radius 3 is 2.59 bits per heavy atom. The molecule has 4 nitrogen and oxygen atoms in total. The van der Waals surface area contributed by atoms with Crippen LogP contribution < -0.4 is 0 Å². The predicted molar refractivity (Wildman–Crippen MR) is 53.5 cm³/mol. The molecule has 1 rings (SSSR count). The molecule has 0 saturated carbocycles. The zero-order chi connectivity index (χ0) is 12.9. The average molecular weight is 255 g/mol. The van der Waals surface area contributed by atoms with E-state index >= 15 is 0 Å². The summed E-state index contributed by atoms with van der Waals surface area (Å²) in [6, 6.07) is 0. The van der Waals surface area contributed by atoms with Gasteiger partial charge >= 0.3 is 6.18 Å². The van der Waals surface area contributed by atoms with E-state index in [1.54, 1.807) is 0 Å². The summed E-state index contributed by atoms with van der Waals surface area (Å²) in [6.45, 7) is -1.09. The van der Waals surface area contributed by atoms with Crippen molar-refractivity contribution in [3.8, 4) is 0 Å². The molecular formula is C10H16F3NO3. The van der Waals surface area contributed by atoms with Crippen molar-refractivity contribution in [2.75, 3.05) is 39.5 Å². The lowest BCUT2D eigenvalue weighted by Crippen LogP contribution is -2.44. The normalized spacial score (nSPS) is 25.5. The minimum absolute atomic E-state index is 0.0312. The van der Waals surface area contributed by atoms with E-state index < -0.39 is 18.1 Å². The number of ether oxygens (including phenoxy) is 1. The van der Waals surface area contributed by atoms with Gasteiger partial charge in [-0.1, -0.05) is 0 Å². The minimum atomic E-state index is -4.33. The van der Waals surface area contributed by atoms with Gasteiger partial charge in [0.2, 0.25) is 0 Å². The molecule has 0 aliphatic carbocycles. The fraction of sp³-hybridized carbons (Fsp3) is 0.900. The average Bonchev–Trinajstić information content (AvgIpc) is 2.65. The Morgan fingerprint density at radius 2 is 2.18 bits per heavy atom. The first-order chi connectivity index (χ1) is 7.91. The lowest BCUT2D eigenvalue weighted by Gasteiger charge is -2.30. The van der Waals surface area contributed by atoms with Crippen LogP contribution in [-0.4, -0.2) is 61.9 Å². The molecule has 1 N–H and O–H groups in total. The van der Waals surface area contributed by atoms with Crippen molar-refractivity contribution >= 4 is 6.29 Å². The second-order valence-corrected chi connectivity index (χ2v) is 4.33. The van der Waals surface area contributed by atoms with Crippen molar-refractivity contribution in [3.63, 3.8) is 0 Å². The van der Waals surface area contributed by atoms with E-state index in [0.717, 1.165) is 4.90 Å². The van der Waals surface area contributed by atoms with Crippen LogP contribution in [0, 0.1) is 5.41 Å². The third-order valence-corrected chi connectivity index (χ3v) is 2.74. The molecule has 17 heavy (non-hydrogen) atoms. The SMILES string of the molecule is O=CC1(CN(CCO)CC(F)(F)F)CCOC1. The highest BCUT2D eigenvalue weighted by atomic mass is 19.4. The molecular weight excluding hydrogens is 239 g/mol. The van der Waals surface area contributed by atoms with Gasteiger partial charge in [-0.05, 0) is 6.42 Å². The van der Waals surface area contributed by atoms with Gasteiger partial charge in [0.15, 0.2) is 0 Å². The number of alkyl halides is 3. The quantitative estimate of drug-likeness (QED) is 0.700. The van der Waals surface area contributed by atoms with Gasteiger partial charge in [0, 0.05) is 19.7 Å². The highest BCUT2D eigenvalue weighted by Gasteiger charge is 2.39. The predicted octanol–water partition coefficient (Wildman–Crippen LogP) is 0.449. The van der Waals surface area contributed by atoms with Crippen LogP contribution in [0.3, 0.4) is 0 Å². The van der Waals surface area contributed by atoms with E-state index in [2.05, 4.69) is 0 Å². The van der Waals surface area contributed by atoms with E-state index in [4.69, 9.17) is 9.84 Å². The number of nitrogens with zero attached hydrogens (tertiary/aromatic N) is 1. The standard InChI is InChI=1S/C10H16F3NO3/c11-10(12,13)6-14(2-3-15)5-9(7-16)1-4-17-8-9/h7,15H,1-6,8H2. The van der Waals surface area contributed by atoms with Gasteiger partial charge in [-0.15, -0.1) is 0 Å². The van der Waals surface area contributed by atoms with Gasteiger partial charge in [0.1, 0.15) is 6.29 Å². The summed E-state index contributed by atoms with van der Waals surface area (Å²) < 4.78 is 41.9. The third kappa shape index (κ3) is 4.61. The van der Waals surface area contributed by atoms with Crippen LogP contribution in [0.4, 0.5) is 13.2 Å². The van der Waals surface area contributed by atoms with Crippen molar-refractivity contribution in [1.29, 1.82) is 0 Å². The molecule has 1 unspecified atom stereocenters. The zero-order valence-electron chi connectivity index (χ0n) is 9.37. The molecule has 7 heteroatoms. The van der Waals surface area contributed by atoms with Gasteiger partial charge in [-0.25, -0.2) is 0 Å². The Bertz CT molecular complexity index is 252. The minimum Gasteiger partial charge on any atom is -0.395 e. The van der Waals surface area contributed by atoms with Crippen LogP contribution >= 0.6 is 0 Å². The summed E-state index contributed by atoms with van der Waals surface area (Å²) in [7, 11) is 0. The Hall–Kier alpha value is -0.660. The summed E-state index contributed by atoms with van der Waals surface area (Å²) in [4.78, 5) is 12.0. The molecule has 100 valence electrons. The largest absolute Gasteiger partial charge is 0.401 e. The zero-order valence-corrected chi connectivity index (χ0v) is 9.37. The fourth-order valence-corrected chi connectivity index (χ4v) is 1.93. The van der Waals surface area contributed by atoms with E-state index in [9.17, 15) is 18.0 Å². The van der Waals surface area contributed by atoms with Crippen LogP contribution in [0.15, 0.2) is 0 Å². The van der Waals surface area contributed by atoms with Crippen LogP contribution in [0.5, 0.6) is 0 Å². The van der Waals surface area contributed by atoms with Crippen LogP contribution in [-0.2, 0) is 9.53 Å². The molecule has 1 saturated heterocycles. The first kappa shape index (κ1) is 14.4. The van der Waals surface area contributed by atoms with E-state index in [1.807, 2.05) is 0 Å². The summed E-state index contributed by atoms with van der Waals surface area (Å²) in [5.41, 5.74) is -0.861. The second kappa shape index (κ2) is 5.79. The Morgan fingerprint density at radius 1 is 1.47 bits per heavy atom. The molecule has 0 aromatic carbocycles. The number of hydrogen-bond acceptors (Lipinski definition) is 4. The van der Waals surface area contributed by atoms with Gasteiger partial charge < -0.3 is 14.6 Å². The number of aliphatic hydroxyl groups is 1. The number of aliphatic hydroxyl groups excluding tert-OH is 1. The molecule has 1 aliphatic heterocycles. The molecule has 0 spiro atoms. The smallest absolute Gasteiger partial charge is 0.395 e. The lowest BCUT2D eigenvalue weighted by molar-refractivity contribution is -0.151. The molecule has 0 amide bonds. The number of hydrogen-bond donors (Lipinski definition) is 1. The maximum absolute atomic E-state index is 12.3. The maximum atomic E-state index is 12.3. The molecule has 0 aromatic heterocycles. The third-order valence-electron chi connectivity index (χ3n) is 2.74. The topological polar surface area (TPSA) is 49.8 Å². The number of halogens is 3. The van der Waals surface area contributed by atoms with E-state index in [0.29, 0.717) is 19.3 Å². The van der Waals surface area contributed by atoms with Crippen molar-refractivity contribution in [2.45, 2.75) is 12.6 Å². The number of carbonyl (C=O) groups is 1. The van der Waals surface area contributed by atoms with Crippen molar-refractivity contribution in [2.24, 2.45) is 5.41 Å². The lowest BCUT2D eigenvalue weighted by atomic mass is 9.88. The highest BCUT2D eigenvalue weighted by Crippen LogP contribution is 2.28. The monoisotopic (exact) mass is 255 g/mol. The molecule has 0 aromatic rings. The summed E-state index contributed by atoms with van der Waals surface area (Å²) in [5.74, 6) is 0. The maximum Gasteiger partial charge on any atom is 0.401 e. The van der Waals surface area contributed by atoms with Gasteiger partial charge in [0.25, 0.3) is 0 Å². The number of carbonyl (C=O) groups excluding carboxylic acids is 1. The molecule has 1 atom stereocenters. The summed E-state index contributed by atoms with van der Waals surface area (Å²) >= 11 is 0. The van der Waals surface area contributed by atoms with Gasteiger partial charge in [-0.2, -0.15) is 13.2 Å². The first-order valence-electron chi connectivity index (χ1n) is 5.35. The van der Waals surface area contributed by atoms with E-state index in [1.165, 1.54) is 0 Å². The molecule has 1 aliphatic rings. The molecule has 1 fully saturated rings. The van der Waals surface area contributed by atoms with E-state index in [-0.39, 0.29) is 26.3 Å². The molecule has 0 radical (unpaired) electrons. The number of aldehydes is 1. The Labute approximate surface area is 97.3 Å². The Balaban J connectivity index is 2.61. The van der Waals surface area contributed by atoms with Crippen LogP contribution in [0.1, 0.15) is 6.42 Å². The fourth-order valence-electron chi connectivity index (χ4n) is 1.93. The van der Waals surface area contributed by atoms with Crippen molar-refractivity contribution < 1.29 is 27.8 Å². The van der Waals surface area contributed by atoms with Gasteiger partial charge in [-0.3, -0.25) is 4.90 Å². The summed E-state index contributed by atoms with van der Waals surface area (Å²) in [5, 5.41) is 8.74. The van der Waals surface area contributed by atoms with Crippen LogP contribution in [0.2, 0.25) is 0 Å². The van der Waals surface area contributed by atoms with Gasteiger partial charge in [0.05, 0.1) is 25.2 Å². The molecule has 0 bridgehead atoms. The number of rotatable bonds is 6. The first-order valence-corrected chi connectivity index (χ1v) is 5.35. The summed E-state index contributed by atoms with van der Waals surface area (Å²) in [6.07, 6.45) is -3.24. The second-order valence-electron chi connectivity index (χ2n) is 4.33. The Kier molecular flexibility index (Phi) is 4.91. The van der Waals surface area contributed by atoms with Crippen LogP contribution in [0.25, 0.3) is 0 Å². The van der Waals surface area contributed by atoms with Crippen molar-refractivity contribution in [1.82, 2.24) is 4.90 Å². The van der Waals surface area contributed by atoms with Crippen molar-refractivity contribution in [3.05, 3.63) is 0 Å².